The Labute approximate surface area is 79.1 Å². The maximum Gasteiger partial charge on any atom is 0.220 e. The van der Waals surface area contributed by atoms with Crippen molar-refractivity contribution in [3.8, 4) is 0 Å². The first-order valence-electron chi connectivity index (χ1n) is 4.37. The summed E-state index contributed by atoms with van der Waals surface area (Å²) in [6.45, 7) is 5.72. The number of carbonyl (C=O) groups is 2. The predicted molar refractivity (Wildman–Crippen MR) is 51.2 cm³/mol. The van der Waals surface area contributed by atoms with Gasteiger partial charge in [-0.1, -0.05) is 0 Å². The molecule has 0 atom stereocenters. The van der Waals surface area contributed by atoms with E-state index in [0.29, 0.717) is 0 Å². The first kappa shape index (κ1) is 11.9. The monoisotopic (exact) mass is 186 g/mol. The van der Waals surface area contributed by atoms with Crippen LogP contribution < -0.4 is 10.6 Å². The highest BCUT2D eigenvalue weighted by Crippen LogP contribution is 2.00. The molecule has 0 aromatic rings. The quantitative estimate of drug-likeness (QED) is 0.671. The topological polar surface area (TPSA) is 58.2 Å². The van der Waals surface area contributed by atoms with Gasteiger partial charge in [0.2, 0.25) is 11.8 Å². The molecule has 0 radical (unpaired) electrons. The lowest BCUT2D eigenvalue weighted by atomic mass is 10.1. The average molecular weight is 186 g/mol. The van der Waals surface area contributed by atoms with Gasteiger partial charge in [-0.25, -0.2) is 0 Å². The van der Waals surface area contributed by atoms with Gasteiger partial charge in [-0.15, -0.1) is 0 Å². The number of carbonyl (C=O) groups excluding carboxylic acids is 2. The summed E-state index contributed by atoms with van der Waals surface area (Å²) in [6, 6.07) is 0. The molecular formula is C9H18N2O2. The van der Waals surface area contributed by atoms with E-state index in [1.54, 1.807) is 7.05 Å². The van der Waals surface area contributed by atoms with E-state index in [-0.39, 0.29) is 30.2 Å². The van der Waals surface area contributed by atoms with Crippen molar-refractivity contribution in [3.63, 3.8) is 0 Å². The molecule has 2 N–H and O–H groups in total. The summed E-state index contributed by atoms with van der Waals surface area (Å²) in [6.07, 6.45) is 0.495. The highest BCUT2D eigenvalue weighted by atomic mass is 16.2. The van der Waals surface area contributed by atoms with Gasteiger partial charge in [0, 0.05) is 25.4 Å². The van der Waals surface area contributed by atoms with Gasteiger partial charge in [-0.05, 0) is 20.8 Å². The number of hydrogen-bond donors (Lipinski definition) is 2. The second-order valence-corrected chi connectivity index (χ2v) is 3.97. The minimum atomic E-state index is -0.222. The molecule has 4 heteroatoms. The van der Waals surface area contributed by atoms with Gasteiger partial charge in [0.1, 0.15) is 0 Å². The summed E-state index contributed by atoms with van der Waals surface area (Å²) < 4.78 is 0. The summed E-state index contributed by atoms with van der Waals surface area (Å²) in [7, 11) is 1.56. The van der Waals surface area contributed by atoms with Crippen LogP contribution in [0.2, 0.25) is 0 Å². The molecule has 0 saturated carbocycles. The van der Waals surface area contributed by atoms with Gasteiger partial charge >= 0.3 is 0 Å². The smallest absolute Gasteiger partial charge is 0.220 e. The molecule has 0 aliphatic carbocycles. The Kier molecular flexibility index (Phi) is 4.45. The predicted octanol–water partition coefficient (Wildman–Crippen LogP) is 0.427. The van der Waals surface area contributed by atoms with E-state index in [2.05, 4.69) is 10.6 Å². The van der Waals surface area contributed by atoms with Crippen molar-refractivity contribution in [2.45, 2.75) is 39.2 Å². The van der Waals surface area contributed by atoms with Crippen molar-refractivity contribution in [2.24, 2.45) is 0 Å². The Morgan fingerprint density at radius 1 is 1.08 bits per heavy atom. The molecule has 0 aliphatic rings. The summed E-state index contributed by atoms with van der Waals surface area (Å²) in [5.41, 5.74) is -0.222. The third kappa shape index (κ3) is 7.31. The first-order valence-corrected chi connectivity index (χ1v) is 4.37. The Bertz CT molecular complexity index is 194. The molecule has 0 heterocycles. The van der Waals surface area contributed by atoms with Crippen LogP contribution in [0.5, 0.6) is 0 Å². The van der Waals surface area contributed by atoms with Crippen molar-refractivity contribution in [2.75, 3.05) is 7.05 Å². The molecule has 0 unspecified atom stereocenters. The fourth-order valence-corrected chi connectivity index (χ4v) is 0.833. The van der Waals surface area contributed by atoms with Crippen molar-refractivity contribution >= 4 is 11.8 Å². The zero-order valence-corrected chi connectivity index (χ0v) is 8.73. The summed E-state index contributed by atoms with van der Waals surface area (Å²) in [4.78, 5) is 22.0. The standard InChI is InChI=1S/C9H18N2O2/c1-9(2,3)11-8(13)6-5-7(12)10-4/h5-6H2,1-4H3,(H,10,12)(H,11,13). The molecule has 0 aliphatic heterocycles. The molecule has 0 saturated heterocycles. The Hall–Kier alpha value is -1.06. The van der Waals surface area contributed by atoms with Crippen LogP contribution in [0.25, 0.3) is 0 Å². The van der Waals surface area contributed by atoms with Gasteiger partial charge < -0.3 is 10.6 Å². The van der Waals surface area contributed by atoms with Crippen LogP contribution in [-0.4, -0.2) is 24.4 Å². The highest BCUT2D eigenvalue weighted by molar-refractivity contribution is 5.83. The third-order valence-corrected chi connectivity index (χ3v) is 1.37. The molecule has 0 rings (SSSR count). The minimum absolute atomic E-state index is 0.0869. The summed E-state index contributed by atoms with van der Waals surface area (Å²) >= 11 is 0. The van der Waals surface area contributed by atoms with Crippen LogP contribution in [-0.2, 0) is 9.59 Å². The molecule has 4 nitrogen and oxygen atoms in total. The largest absolute Gasteiger partial charge is 0.359 e. The second kappa shape index (κ2) is 4.84. The van der Waals surface area contributed by atoms with E-state index in [0.717, 1.165) is 0 Å². The summed E-state index contributed by atoms with van der Waals surface area (Å²) in [5.74, 6) is -0.194. The van der Waals surface area contributed by atoms with Crippen molar-refractivity contribution in [1.82, 2.24) is 10.6 Å². The molecule has 0 spiro atoms. The van der Waals surface area contributed by atoms with E-state index in [1.807, 2.05) is 20.8 Å². The average Bonchev–Trinajstić information content (AvgIpc) is 1.97. The Morgan fingerprint density at radius 2 is 1.54 bits per heavy atom. The van der Waals surface area contributed by atoms with E-state index in [4.69, 9.17) is 0 Å². The Morgan fingerprint density at radius 3 is 1.92 bits per heavy atom. The zero-order valence-electron chi connectivity index (χ0n) is 8.73. The maximum atomic E-state index is 11.2. The lowest BCUT2D eigenvalue weighted by molar-refractivity contribution is -0.127. The normalized spacial score (nSPS) is 10.8. The van der Waals surface area contributed by atoms with Crippen LogP contribution in [0.1, 0.15) is 33.6 Å². The number of hydrogen-bond acceptors (Lipinski definition) is 2. The van der Waals surface area contributed by atoms with Crippen LogP contribution in [0.4, 0.5) is 0 Å². The van der Waals surface area contributed by atoms with Crippen LogP contribution >= 0.6 is 0 Å². The fraction of sp³-hybridized carbons (Fsp3) is 0.778. The molecule has 2 amide bonds. The number of rotatable bonds is 3. The van der Waals surface area contributed by atoms with Crippen molar-refractivity contribution in [3.05, 3.63) is 0 Å². The van der Waals surface area contributed by atoms with Gasteiger partial charge in [-0.2, -0.15) is 0 Å². The maximum absolute atomic E-state index is 11.2. The molecule has 0 fully saturated rings. The fourth-order valence-electron chi connectivity index (χ4n) is 0.833. The lowest BCUT2D eigenvalue weighted by Crippen LogP contribution is -2.40. The van der Waals surface area contributed by atoms with Gasteiger partial charge in [-0.3, -0.25) is 9.59 Å². The first-order chi connectivity index (χ1) is 5.85. The number of nitrogens with one attached hydrogen (secondary N) is 2. The highest BCUT2D eigenvalue weighted by Gasteiger charge is 2.13. The van der Waals surface area contributed by atoms with Crippen molar-refractivity contribution < 1.29 is 9.59 Å². The van der Waals surface area contributed by atoms with Gasteiger partial charge in [0.05, 0.1) is 0 Å². The van der Waals surface area contributed by atoms with Crippen molar-refractivity contribution in [1.29, 1.82) is 0 Å². The summed E-state index contributed by atoms with van der Waals surface area (Å²) in [5, 5.41) is 5.24. The van der Waals surface area contributed by atoms with E-state index < -0.39 is 0 Å². The van der Waals surface area contributed by atoms with E-state index in [1.165, 1.54) is 0 Å². The van der Waals surface area contributed by atoms with E-state index >= 15 is 0 Å². The number of amides is 2. The van der Waals surface area contributed by atoms with Crippen LogP contribution in [0, 0.1) is 0 Å². The zero-order chi connectivity index (χ0) is 10.5. The van der Waals surface area contributed by atoms with Crippen LogP contribution in [0.15, 0.2) is 0 Å². The Balaban J connectivity index is 3.71. The molecule has 0 bridgehead atoms. The third-order valence-electron chi connectivity index (χ3n) is 1.37. The molecule has 13 heavy (non-hydrogen) atoms. The second-order valence-electron chi connectivity index (χ2n) is 3.97. The molecule has 0 aromatic heterocycles. The minimum Gasteiger partial charge on any atom is -0.359 e. The SMILES string of the molecule is CNC(=O)CCC(=O)NC(C)(C)C. The van der Waals surface area contributed by atoms with Gasteiger partial charge in [0.15, 0.2) is 0 Å². The molecule has 76 valence electrons. The van der Waals surface area contributed by atoms with E-state index in [9.17, 15) is 9.59 Å². The lowest BCUT2D eigenvalue weighted by Gasteiger charge is -2.20. The van der Waals surface area contributed by atoms with Crippen LogP contribution in [0.3, 0.4) is 0 Å². The molecule has 0 aromatic carbocycles. The molecular weight excluding hydrogens is 168 g/mol. The van der Waals surface area contributed by atoms with Gasteiger partial charge in [0.25, 0.3) is 0 Å².